The average molecular weight is 711 g/mol. The second-order valence-electron chi connectivity index (χ2n) is 12.2. The van der Waals surface area contributed by atoms with E-state index in [9.17, 15) is 55.5 Å². The van der Waals surface area contributed by atoms with E-state index in [1.165, 1.54) is 68.5 Å². The smallest absolute Gasteiger partial charge is 0.350 e. The summed E-state index contributed by atoms with van der Waals surface area (Å²) in [5.74, 6) is -1.92. The van der Waals surface area contributed by atoms with E-state index in [1.54, 1.807) is 0 Å². The fraction of sp³-hybridized carbons (Fsp3) is 0.515. The Bertz CT molecular complexity index is 1430. The highest BCUT2D eigenvalue weighted by Gasteiger charge is 2.50. The maximum absolute atomic E-state index is 13.5. The third-order valence-corrected chi connectivity index (χ3v) is 8.06. The van der Waals surface area contributed by atoms with Crippen LogP contribution in [-0.4, -0.2) is 144 Å². The molecule has 2 heterocycles. The molecule has 11 atom stereocenters. The summed E-state index contributed by atoms with van der Waals surface area (Å²) in [7, 11) is 0. The van der Waals surface area contributed by atoms with Crippen molar-refractivity contribution in [3.8, 4) is 11.5 Å². The number of aliphatic hydroxyl groups excluding tert-OH is 8. The second kappa shape index (κ2) is 17.0. The first-order chi connectivity index (χ1) is 23.6. The Labute approximate surface area is 286 Å². The molecule has 2 saturated heterocycles. The number of carbonyl (C=O) groups is 2. The minimum absolute atomic E-state index is 0.00981. The normalized spacial score (nSPS) is 30.8. The molecule has 2 aliphatic heterocycles. The molecule has 4 rings (SSSR count). The molecular weight excluding hydrogens is 668 g/mol. The Morgan fingerprint density at radius 2 is 1.32 bits per heavy atom. The van der Waals surface area contributed by atoms with Gasteiger partial charge in [0.1, 0.15) is 72.5 Å². The summed E-state index contributed by atoms with van der Waals surface area (Å²) in [6, 6.07) is 11.7. The molecular formula is C33H42O17. The number of aromatic hydroxyl groups is 1. The van der Waals surface area contributed by atoms with Crippen LogP contribution >= 0.6 is 0 Å². The van der Waals surface area contributed by atoms with E-state index < -0.39 is 98.3 Å². The molecule has 0 spiro atoms. The van der Waals surface area contributed by atoms with Crippen molar-refractivity contribution in [1.82, 2.24) is 0 Å². The van der Waals surface area contributed by atoms with E-state index in [4.69, 9.17) is 28.4 Å². The predicted octanol–water partition coefficient (Wildman–Crippen LogP) is -2.17. The van der Waals surface area contributed by atoms with E-state index in [-0.39, 0.29) is 18.1 Å². The van der Waals surface area contributed by atoms with Gasteiger partial charge < -0.3 is 74.4 Å². The highest BCUT2D eigenvalue weighted by molar-refractivity contribution is 5.89. The van der Waals surface area contributed by atoms with E-state index in [1.807, 2.05) is 0 Å². The summed E-state index contributed by atoms with van der Waals surface area (Å²) >= 11 is 0. The van der Waals surface area contributed by atoms with Gasteiger partial charge in [-0.1, -0.05) is 24.3 Å². The van der Waals surface area contributed by atoms with Crippen molar-refractivity contribution >= 4 is 18.0 Å². The molecule has 0 saturated carbocycles. The molecule has 0 amide bonds. The number of ether oxygens (including phenoxy) is 6. The third kappa shape index (κ3) is 9.53. The summed E-state index contributed by atoms with van der Waals surface area (Å²) in [6.45, 7) is 0.919. The zero-order valence-corrected chi connectivity index (χ0v) is 27.0. The van der Waals surface area contributed by atoms with E-state index >= 15 is 0 Å². The Kier molecular flexibility index (Phi) is 13.3. The molecule has 2 aromatic carbocycles. The Hall–Kier alpha value is -3.72. The lowest BCUT2D eigenvalue weighted by molar-refractivity contribution is -0.330. The van der Waals surface area contributed by atoms with E-state index in [0.717, 1.165) is 6.08 Å². The molecule has 2 fully saturated rings. The third-order valence-electron chi connectivity index (χ3n) is 8.06. The van der Waals surface area contributed by atoms with Crippen LogP contribution in [0.25, 0.3) is 6.08 Å². The Morgan fingerprint density at radius 1 is 0.780 bits per heavy atom. The molecule has 2 aliphatic rings. The van der Waals surface area contributed by atoms with E-state index in [0.29, 0.717) is 11.1 Å². The lowest BCUT2D eigenvalue weighted by Crippen LogP contribution is -2.62. The van der Waals surface area contributed by atoms with Crippen molar-refractivity contribution in [3.05, 3.63) is 65.7 Å². The van der Waals surface area contributed by atoms with Crippen LogP contribution in [0.5, 0.6) is 11.5 Å². The second-order valence-corrected chi connectivity index (χ2v) is 12.2. The maximum atomic E-state index is 13.5. The van der Waals surface area contributed by atoms with Gasteiger partial charge in [0.05, 0.1) is 13.2 Å². The minimum Gasteiger partial charge on any atom is -0.508 e. The molecule has 9 N–H and O–H groups in total. The molecule has 0 bridgehead atoms. The minimum atomic E-state index is -1.82. The van der Waals surface area contributed by atoms with Crippen LogP contribution in [0.4, 0.5) is 0 Å². The van der Waals surface area contributed by atoms with Crippen LogP contribution in [0.15, 0.2) is 54.6 Å². The van der Waals surface area contributed by atoms with E-state index in [2.05, 4.69) is 0 Å². The largest absolute Gasteiger partial charge is 0.508 e. The summed E-state index contributed by atoms with van der Waals surface area (Å²) in [6.07, 6.45) is -15.1. The highest BCUT2D eigenvalue weighted by Crippen LogP contribution is 2.30. The molecule has 0 aliphatic carbocycles. The lowest BCUT2D eigenvalue weighted by Gasteiger charge is -2.43. The van der Waals surface area contributed by atoms with Gasteiger partial charge in [0.2, 0.25) is 12.4 Å². The van der Waals surface area contributed by atoms with Crippen LogP contribution < -0.4 is 4.74 Å². The van der Waals surface area contributed by atoms with Gasteiger partial charge in [0.15, 0.2) is 6.29 Å². The van der Waals surface area contributed by atoms with Crippen molar-refractivity contribution in [2.75, 3.05) is 13.2 Å². The van der Waals surface area contributed by atoms with Gasteiger partial charge >= 0.3 is 11.9 Å². The number of carbonyl (C=O) groups excluding carboxylic acids is 2. The van der Waals surface area contributed by atoms with Gasteiger partial charge in [-0.05, 0) is 55.3 Å². The molecule has 2 aromatic rings. The zero-order chi connectivity index (χ0) is 36.7. The van der Waals surface area contributed by atoms with Crippen molar-refractivity contribution < 1.29 is 84.0 Å². The highest BCUT2D eigenvalue weighted by atomic mass is 16.7. The van der Waals surface area contributed by atoms with Gasteiger partial charge in [-0.25, -0.2) is 9.59 Å². The number of phenols is 1. The first kappa shape index (κ1) is 39.1. The molecule has 0 radical (unpaired) electrons. The van der Waals surface area contributed by atoms with Crippen LogP contribution in [0.1, 0.15) is 25.0 Å². The number of esters is 2. The average Bonchev–Trinajstić information content (AvgIpc) is 3.10. The van der Waals surface area contributed by atoms with Gasteiger partial charge in [0.25, 0.3) is 0 Å². The Morgan fingerprint density at radius 3 is 1.88 bits per heavy atom. The molecule has 17 nitrogen and oxygen atoms in total. The summed E-state index contributed by atoms with van der Waals surface area (Å²) < 4.78 is 33.0. The summed E-state index contributed by atoms with van der Waals surface area (Å²) in [5.41, 5.74) is -0.866. The summed E-state index contributed by atoms with van der Waals surface area (Å²) in [5, 5.41) is 89.4. The first-order valence-corrected chi connectivity index (χ1v) is 15.5. The Balaban J connectivity index is 1.46. The van der Waals surface area contributed by atoms with Gasteiger partial charge in [-0.15, -0.1) is 0 Å². The first-order valence-electron chi connectivity index (χ1n) is 15.5. The number of benzene rings is 2. The monoisotopic (exact) mass is 710 g/mol. The van der Waals surface area contributed by atoms with Crippen LogP contribution in [-0.2, 0) is 39.9 Å². The predicted molar refractivity (Wildman–Crippen MR) is 167 cm³/mol. The number of hydrogen-bond acceptors (Lipinski definition) is 17. The van der Waals surface area contributed by atoms with Gasteiger partial charge in [0, 0.05) is 6.08 Å². The molecule has 276 valence electrons. The van der Waals surface area contributed by atoms with Crippen molar-refractivity contribution in [1.29, 1.82) is 0 Å². The van der Waals surface area contributed by atoms with Crippen molar-refractivity contribution in [2.45, 2.75) is 93.6 Å². The quantitative estimate of drug-likeness (QED) is 0.0791. The zero-order valence-electron chi connectivity index (χ0n) is 27.0. The lowest BCUT2D eigenvalue weighted by atomic mass is 9.97. The van der Waals surface area contributed by atoms with Crippen LogP contribution in [0.3, 0.4) is 0 Å². The summed E-state index contributed by atoms with van der Waals surface area (Å²) in [4.78, 5) is 26.3. The SMILES string of the molecule is CC(C)(O[C@@H]1O[C@H](CO)[C@@H](O)[C@H](O)[C@H]1O)C(OC(=O)/C=C/c1ccc(O)cc1)C(=O)OCc1ccc(O[C@@H]2O[C@H](CO)[C@@H](O)[C@H](O)[C@H]2O)cc1. The maximum Gasteiger partial charge on any atom is 0.350 e. The number of aliphatic hydroxyl groups is 8. The fourth-order valence-electron chi connectivity index (χ4n) is 5.10. The number of rotatable bonds is 13. The van der Waals surface area contributed by atoms with Gasteiger partial charge in [-0.2, -0.15) is 0 Å². The standard InChI is InChI=1S/C33H42O17/c1-33(2,50-32-28(43)26(41)24(39)21(14-35)48-32)29(49-22(37)12-7-16-3-8-18(36)9-4-16)30(44)45-15-17-5-10-19(11-6-17)46-31-27(42)25(40)23(38)20(13-34)47-31/h3-12,20-21,23-29,31-32,34-36,38-43H,13-15H2,1-2H3/b12-7+/t20-,21-,23-,24-,25+,26+,27-,28-,29?,31-,32+/m1/s1. The van der Waals surface area contributed by atoms with Gasteiger partial charge in [-0.3, -0.25) is 0 Å². The van der Waals surface area contributed by atoms with Crippen molar-refractivity contribution in [2.24, 2.45) is 0 Å². The topological polar surface area (TPSA) is 272 Å². The van der Waals surface area contributed by atoms with Crippen molar-refractivity contribution in [3.63, 3.8) is 0 Å². The van der Waals surface area contributed by atoms with Crippen LogP contribution in [0.2, 0.25) is 0 Å². The molecule has 1 unspecified atom stereocenters. The molecule has 0 aromatic heterocycles. The number of hydrogen-bond donors (Lipinski definition) is 9. The molecule has 50 heavy (non-hydrogen) atoms. The number of phenolic OH excluding ortho intramolecular Hbond substituents is 1. The van der Waals surface area contributed by atoms with Crippen LogP contribution in [0, 0.1) is 0 Å². The molecule has 17 heteroatoms. The fourth-order valence-corrected chi connectivity index (χ4v) is 5.10.